The normalized spacial score (nSPS) is 15.7. The summed E-state index contributed by atoms with van der Waals surface area (Å²) in [6.07, 6.45) is 0.838. The second-order valence-corrected chi connectivity index (χ2v) is 8.71. The summed E-state index contributed by atoms with van der Waals surface area (Å²) < 4.78 is 41.8. The molecule has 0 aromatic carbocycles. The summed E-state index contributed by atoms with van der Waals surface area (Å²) in [5.41, 5.74) is -0.979. The molecule has 2 aromatic heterocycles. The van der Waals surface area contributed by atoms with Crippen LogP contribution in [0, 0.1) is 6.92 Å². The third kappa shape index (κ3) is 5.15. The van der Waals surface area contributed by atoms with Crippen molar-refractivity contribution in [1.82, 2.24) is 14.5 Å². The van der Waals surface area contributed by atoms with Crippen molar-refractivity contribution in [3.63, 3.8) is 0 Å². The van der Waals surface area contributed by atoms with E-state index in [1.165, 1.54) is 13.0 Å². The zero-order valence-electron chi connectivity index (χ0n) is 17.1. The maximum Gasteiger partial charge on any atom is 0.433 e. The largest absolute Gasteiger partial charge is 0.433 e. The van der Waals surface area contributed by atoms with Crippen molar-refractivity contribution < 1.29 is 23.1 Å². The Morgan fingerprint density at radius 1 is 1.24 bits per heavy atom. The van der Waals surface area contributed by atoms with Crippen molar-refractivity contribution in [3.05, 3.63) is 23.1 Å². The molecule has 0 spiro atoms. The number of carbonyl (C=O) groups is 1. The van der Waals surface area contributed by atoms with E-state index in [0.29, 0.717) is 36.8 Å². The predicted molar refractivity (Wildman–Crippen MR) is 104 cm³/mol. The van der Waals surface area contributed by atoms with Crippen LogP contribution in [-0.4, -0.2) is 31.0 Å². The standard InChI is InChI=1S/C21H28F3N3O2/c1-13-11-16-19(26-18(13)21(22,23)24)27(14-7-6-8-14)17(25-16)10-5-4-9-15(28)12-20(2,3)29/h11,14,29H,4-10,12H2,1-3H3. The van der Waals surface area contributed by atoms with Crippen LogP contribution in [0.2, 0.25) is 0 Å². The number of hydrogen-bond acceptors (Lipinski definition) is 4. The number of Topliss-reactive ketones (excluding diaryl/α,β-unsaturated/α-hetero) is 1. The van der Waals surface area contributed by atoms with Gasteiger partial charge in [-0.2, -0.15) is 13.2 Å². The number of halogens is 3. The van der Waals surface area contributed by atoms with Crippen LogP contribution in [-0.2, 0) is 17.4 Å². The van der Waals surface area contributed by atoms with Gasteiger partial charge in [0.15, 0.2) is 5.65 Å². The molecular formula is C21H28F3N3O2. The smallest absolute Gasteiger partial charge is 0.390 e. The summed E-state index contributed by atoms with van der Waals surface area (Å²) in [6, 6.07) is 1.61. The number of unbranched alkanes of at least 4 members (excludes halogenated alkanes) is 1. The highest BCUT2D eigenvalue weighted by Gasteiger charge is 2.36. The first-order valence-electron chi connectivity index (χ1n) is 10.2. The van der Waals surface area contributed by atoms with E-state index in [9.17, 15) is 23.1 Å². The number of alkyl halides is 3. The molecule has 1 saturated carbocycles. The average molecular weight is 411 g/mol. The van der Waals surface area contributed by atoms with Gasteiger partial charge in [0, 0.05) is 25.3 Å². The number of carbonyl (C=O) groups excluding carboxylic acids is 1. The molecule has 29 heavy (non-hydrogen) atoms. The molecule has 0 aliphatic heterocycles. The van der Waals surface area contributed by atoms with Gasteiger partial charge in [0.1, 0.15) is 22.8 Å². The molecule has 1 aliphatic carbocycles. The van der Waals surface area contributed by atoms with Gasteiger partial charge < -0.3 is 9.67 Å². The van der Waals surface area contributed by atoms with E-state index >= 15 is 0 Å². The van der Waals surface area contributed by atoms with Gasteiger partial charge in [0.2, 0.25) is 0 Å². The summed E-state index contributed by atoms with van der Waals surface area (Å²) in [5, 5.41) is 9.72. The first-order chi connectivity index (χ1) is 13.5. The van der Waals surface area contributed by atoms with E-state index in [0.717, 1.165) is 25.1 Å². The average Bonchev–Trinajstić information content (AvgIpc) is 2.84. The summed E-state index contributed by atoms with van der Waals surface area (Å²) in [4.78, 5) is 20.5. The van der Waals surface area contributed by atoms with Gasteiger partial charge in [0.05, 0.1) is 5.60 Å². The Labute approximate surface area is 168 Å². The van der Waals surface area contributed by atoms with E-state index in [4.69, 9.17) is 0 Å². The Balaban J connectivity index is 1.78. The maximum absolute atomic E-state index is 13.3. The number of fused-ring (bicyclic) bond motifs is 1. The number of nitrogens with zero attached hydrogens (tertiary/aromatic N) is 3. The molecule has 1 fully saturated rings. The Morgan fingerprint density at radius 2 is 1.93 bits per heavy atom. The van der Waals surface area contributed by atoms with Crippen LogP contribution in [0.15, 0.2) is 6.07 Å². The van der Waals surface area contributed by atoms with Crippen molar-refractivity contribution in [1.29, 1.82) is 0 Å². The summed E-state index contributed by atoms with van der Waals surface area (Å²) in [5.74, 6) is 0.753. The number of pyridine rings is 1. The third-order valence-electron chi connectivity index (χ3n) is 5.37. The molecule has 2 heterocycles. The molecule has 8 heteroatoms. The number of rotatable bonds is 8. The van der Waals surface area contributed by atoms with Gasteiger partial charge in [-0.3, -0.25) is 4.79 Å². The van der Waals surface area contributed by atoms with Crippen molar-refractivity contribution in [3.8, 4) is 0 Å². The van der Waals surface area contributed by atoms with Crippen molar-refractivity contribution in [2.45, 2.75) is 90.0 Å². The Hall–Kier alpha value is -1.96. The molecule has 2 aromatic rings. The van der Waals surface area contributed by atoms with Gasteiger partial charge in [-0.1, -0.05) is 0 Å². The highest BCUT2D eigenvalue weighted by molar-refractivity contribution is 5.79. The number of hydrogen-bond donors (Lipinski definition) is 1. The molecule has 0 radical (unpaired) electrons. The van der Waals surface area contributed by atoms with E-state index < -0.39 is 17.5 Å². The van der Waals surface area contributed by atoms with Gasteiger partial charge in [0.25, 0.3) is 0 Å². The first-order valence-corrected chi connectivity index (χ1v) is 10.2. The maximum atomic E-state index is 13.3. The van der Waals surface area contributed by atoms with Crippen molar-refractivity contribution >= 4 is 16.9 Å². The lowest BCUT2D eigenvalue weighted by atomic mass is 9.92. The van der Waals surface area contributed by atoms with Gasteiger partial charge in [-0.25, -0.2) is 9.97 Å². The number of aryl methyl sites for hydroxylation is 2. The van der Waals surface area contributed by atoms with Gasteiger partial charge in [-0.05, 0) is 64.5 Å². The highest BCUT2D eigenvalue weighted by atomic mass is 19.4. The van der Waals surface area contributed by atoms with Gasteiger partial charge >= 0.3 is 6.18 Å². The highest BCUT2D eigenvalue weighted by Crippen LogP contribution is 2.37. The lowest BCUT2D eigenvalue weighted by Gasteiger charge is -2.29. The van der Waals surface area contributed by atoms with Crippen LogP contribution in [0.25, 0.3) is 11.2 Å². The Bertz CT molecular complexity index is 893. The molecule has 5 nitrogen and oxygen atoms in total. The minimum atomic E-state index is -4.49. The molecule has 3 rings (SSSR count). The second-order valence-electron chi connectivity index (χ2n) is 8.71. The number of ketones is 1. The SMILES string of the molecule is Cc1cc2nc(CCCCC(=O)CC(C)(C)O)n(C3CCC3)c2nc1C(F)(F)F. The molecule has 160 valence electrons. The van der Waals surface area contributed by atoms with Gasteiger partial charge in [-0.15, -0.1) is 0 Å². The summed E-state index contributed by atoms with van der Waals surface area (Å²) in [6.45, 7) is 4.62. The van der Waals surface area contributed by atoms with E-state index in [-0.39, 0.29) is 23.8 Å². The molecular weight excluding hydrogens is 383 g/mol. The zero-order valence-corrected chi connectivity index (χ0v) is 17.1. The Kier molecular flexibility index (Phi) is 6.03. The number of imidazole rings is 1. The molecule has 1 aliphatic rings. The molecule has 1 N–H and O–H groups in total. The van der Waals surface area contributed by atoms with Crippen molar-refractivity contribution in [2.24, 2.45) is 0 Å². The molecule has 0 atom stereocenters. The predicted octanol–water partition coefficient (Wildman–Crippen LogP) is 4.93. The molecule has 0 amide bonds. The minimum absolute atomic E-state index is 0.0112. The van der Waals surface area contributed by atoms with E-state index in [1.54, 1.807) is 13.8 Å². The minimum Gasteiger partial charge on any atom is -0.390 e. The van der Waals surface area contributed by atoms with E-state index in [2.05, 4.69) is 9.97 Å². The quantitative estimate of drug-likeness (QED) is 0.626. The summed E-state index contributed by atoms with van der Waals surface area (Å²) in [7, 11) is 0. The van der Waals surface area contributed by atoms with Crippen LogP contribution in [0.3, 0.4) is 0 Å². The van der Waals surface area contributed by atoms with Crippen LogP contribution < -0.4 is 0 Å². The fraction of sp³-hybridized carbons (Fsp3) is 0.667. The number of aliphatic hydroxyl groups is 1. The first kappa shape index (κ1) is 21.7. The third-order valence-corrected chi connectivity index (χ3v) is 5.37. The fourth-order valence-electron chi connectivity index (χ4n) is 3.83. The fourth-order valence-corrected chi connectivity index (χ4v) is 3.83. The van der Waals surface area contributed by atoms with Crippen LogP contribution in [0.1, 0.15) is 81.9 Å². The Morgan fingerprint density at radius 3 is 2.48 bits per heavy atom. The topological polar surface area (TPSA) is 68.0 Å². The molecule has 0 bridgehead atoms. The molecule has 0 saturated heterocycles. The lowest BCUT2D eigenvalue weighted by Crippen LogP contribution is -2.23. The number of aromatic nitrogens is 3. The van der Waals surface area contributed by atoms with E-state index in [1.807, 2.05) is 4.57 Å². The zero-order chi connectivity index (χ0) is 21.4. The summed E-state index contributed by atoms with van der Waals surface area (Å²) >= 11 is 0. The second kappa shape index (κ2) is 8.05. The van der Waals surface area contributed by atoms with Crippen LogP contribution in [0.5, 0.6) is 0 Å². The molecule has 0 unspecified atom stereocenters. The van der Waals surface area contributed by atoms with Crippen LogP contribution >= 0.6 is 0 Å². The monoisotopic (exact) mass is 411 g/mol. The van der Waals surface area contributed by atoms with Crippen LogP contribution in [0.4, 0.5) is 13.2 Å². The van der Waals surface area contributed by atoms with Crippen molar-refractivity contribution in [2.75, 3.05) is 0 Å². The lowest BCUT2D eigenvalue weighted by molar-refractivity contribution is -0.141.